The van der Waals surface area contributed by atoms with E-state index in [1.165, 1.54) is 11.0 Å². The molecule has 2 aromatic carbocycles. The van der Waals surface area contributed by atoms with Gasteiger partial charge in [0, 0.05) is 30.0 Å². The number of nitriles is 1. The number of nitrogens with zero attached hydrogens (tertiary/aromatic N) is 5. The molecule has 4 aliphatic rings. The van der Waals surface area contributed by atoms with E-state index in [0.717, 1.165) is 23.8 Å². The Morgan fingerprint density at radius 2 is 2.08 bits per heavy atom. The molecule has 252 valence electrons. The fourth-order valence-electron chi connectivity index (χ4n) is 7.79. The molecule has 3 saturated heterocycles. The summed E-state index contributed by atoms with van der Waals surface area (Å²) in [6.07, 6.45) is -1.31. The maximum absolute atomic E-state index is 17.1. The number of nitrogen functional groups attached to an aromatic ring is 1. The Kier molecular flexibility index (Phi) is 7.70. The molecule has 3 fully saturated rings. The fourth-order valence-corrected chi connectivity index (χ4v) is 9.08. The molecule has 3 N–H and O–H groups in total. The molecule has 0 aliphatic carbocycles. The van der Waals surface area contributed by atoms with Crippen LogP contribution in [-0.2, 0) is 0 Å². The number of hydrogen-bond donors (Lipinski definition) is 2. The molecule has 0 bridgehead atoms. The normalized spacial score (nSPS) is 25.3. The first kappa shape index (κ1) is 31.6. The van der Waals surface area contributed by atoms with Gasteiger partial charge in [0.15, 0.2) is 11.6 Å². The van der Waals surface area contributed by atoms with E-state index in [1.807, 2.05) is 11.0 Å². The summed E-state index contributed by atoms with van der Waals surface area (Å²) in [6, 6.07) is 3.26. The van der Waals surface area contributed by atoms with Crippen LogP contribution in [-0.4, -0.2) is 84.5 Å². The van der Waals surface area contributed by atoms with Gasteiger partial charge in [-0.1, -0.05) is 17.7 Å². The lowest BCUT2D eigenvalue weighted by atomic mass is 9.95. The summed E-state index contributed by atoms with van der Waals surface area (Å²) in [5.74, 6) is -1.70. The highest BCUT2D eigenvalue weighted by Crippen LogP contribution is 2.51. The number of aromatic nitrogens is 2. The van der Waals surface area contributed by atoms with Crippen LogP contribution in [0.5, 0.6) is 11.8 Å². The molecule has 9 nitrogen and oxygen atoms in total. The van der Waals surface area contributed by atoms with Gasteiger partial charge >= 0.3 is 6.01 Å². The zero-order chi connectivity index (χ0) is 33.5. The van der Waals surface area contributed by atoms with Crippen molar-refractivity contribution in [2.24, 2.45) is 0 Å². The average Bonchev–Trinajstić information content (AvgIpc) is 3.64. The Balaban J connectivity index is 1.36. The number of fused-ring (bicyclic) bond motifs is 2. The molecule has 8 rings (SSSR count). The van der Waals surface area contributed by atoms with Crippen molar-refractivity contribution in [1.29, 1.82) is 5.26 Å². The molecule has 0 saturated carbocycles. The molecule has 4 aliphatic heterocycles. The van der Waals surface area contributed by atoms with Crippen molar-refractivity contribution in [3.05, 3.63) is 34.4 Å². The molecule has 4 aromatic rings. The summed E-state index contributed by atoms with van der Waals surface area (Å²) in [5.41, 5.74) is 4.96. The van der Waals surface area contributed by atoms with Crippen LogP contribution < -0.4 is 25.4 Å². The summed E-state index contributed by atoms with van der Waals surface area (Å²) in [5, 5.41) is 13.0. The smallest absolute Gasteiger partial charge is 0.319 e. The van der Waals surface area contributed by atoms with Crippen LogP contribution in [0, 0.1) is 23.0 Å². The van der Waals surface area contributed by atoms with Gasteiger partial charge in [-0.25, -0.2) is 22.0 Å². The molecule has 16 heteroatoms. The highest BCUT2D eigenvalue weighted by molar-refractivity contribution is 7.23. The molecule has 6 heterocycles. The quantitative estimate of drug-likeness (QED) is 0.222. The van der Waals surface area contributed by atoms with Crippen LogP contribution in [0.4, 0.5) is 32.8 Å². The molecular weight excluding hydrogens is 677 g/mol. The van der Waals surface area contributed by atoms with Crippen molar-refractivity contribution in [3.63, 3.8) is 0 Å². The van der Waals surface area contributed by atoms with Gasteiger partial charge < -0.3 is 25.4 Å². The minimum atomic E-state index is -2.78. The van der Waals surface area contributed by atoms with Crippen LogP contribution in [0.15, 0.2) is 12.1 Å². The first-order chi connectivity index (χ1) is 23.1. The number of anilines is 2. The van der Waals surface area contributed by atoms with Crippen LogP contribution >= 0.6 is 22.9 Å². The lowest BCUT2D eigenvalue weighted by molar-refractivity contribution is 0.107. The van der Waals surface area contributed by atoms with E-state index < -0.39 is 42.4 Å². The minimum absolute atomic E-state index is 0.0184. The summed E-state index contributed by atoms with van der Waals surface area (Å²) in [4.78, 5) is 12.5. The second-order valence-electron chi connectivity index (χ2n) is 12.8. The standard InChI is InChI=1S/C32H29ClF5N7O2S/c33-24-22(15-2-3-17(35)28-21(15)16(9-39)29(40)48-28)25(38)26-23-27(24)46-12-19(18-4-6-41-18)45(11-20(36)37)30(23)43-31(42-26)47-13-32-5-1-7-44(32)10-14(34)8-32/h2-3,14,18-20,41H,1,4-8,10-13,40H2/t14-,18?,19?,32+/m1/s1. The molecular formula is C32H29ClF5N7O2S. The second kappa shape index (κ2) is 11.7. The average molecular weight is 706 g/mol. The predicted octanol–water partition coefficient (Wildman–Crippen LogP) is 6.05. The van der Waals surface area contributed by atoms with E-state index in [4.69, 9.17) is 26.8 Å². The maximum Gasteiger partial charge on any atom is 0.319 e. The van der Waals surface area contributed by atoms with E-state index >= 15 is 4.39 Å². The highest BCUT2D eigenvalue weighted by atomic mass is 35.5. The van der Waals surface area contributed by atoms with Crippen molar-refractivity contribution < 1.29 is 31.4 Å². The summed E-state index contributed by atoms with van der Waals surface area (Å²) in [6.45, 7) is 0.867. The highest BCUT2D eigenvalue weighted by Gasteiger charge is 2.49. The zero-order valence-electron chi connectivity index (χ0n) is 25.3. The third-order valence-corrected chi connectivity index (χ3v) is 11.5. The first-order valence-electron chi connectivity index (χ1n) is 15.7. The van der Waals surface area contributed by atoms with E-state index in [-0.39, 0.29) is 97.5 Å². The molecule has 4 atom stereocenters. The topological polar surface area (TPSA) is 113 Å². The predicted molar refractivity (Wildman–Crippen MR) is 172 cm³/mol. The number of nitrogens with two attached hydrogens (primary N) is 1. The van der Waals surface area contributed by atoms with Crippen LogP contribution in [0.2, 0.25) is 5.02 Å². The van der Waals surface area contributed by atoms with Gasteiger partial charge in [0.1, 0.15) is 47.6 Å². The van der Waals surface area contributed by atoms with Gasteiger partial charge in [-0.05, 0) is 44.0 Å². The molecule has 0 spiro atoms. The third kappa shape index (κ3) is 4.82. The molecule has 48 heavy (non-hydrogen) atoms. The Hall–Kier alpha value is -3.71. The number of rotatable bonds is 7. The lowest BCUT2D eigenvalue weighted by Crippen LogP contribution is -2.60. The third-order valence-electron chi connectivity index (χ3n) is 10.1. The Morgan fingerprint density at radius 1 is 1.27 bits per heavy atom. The molecule has 0 amide bonds. The van der Waals surface area contributed by atoms with Crippen molar-refractivity contribution in [3.8, 4) is 29.0 Å². The van der Waals surface area contributed by atoms with E-state index in [0.29, 0.717) is 25.9 Å². The summed E-state index contributed by atoms with van der Waals surface area (Å²) >= 11 is 7.81. The van der Waals surface area contributed by atoms with Crippen molar-refractivity contribution >= 4 is 54.7 Å². The SMILES string of the molecule is N#Cc1c(N)sc2c(F)ccc(-c3c(Cl)c4c5c(nc(OC[C@@]67CCCN6C[C@H](F)C7)nc5c3F)N(CC(F)F)C(C3CCN3)CO4)c12. The monoisotopic (exact) mass is 705 g/mol. The number of benzene rings is 2. The van der Waals surface area contributed by atoms with E-state index in [1.54, 1.807) is 0 Å². The van der Waals surface area contributed by atoms with E-state index in [2.05, 4.69) is 15.3 Å². The van der Waals surface area contributed by atoms with Gasteiger partial charge in [0.2, 0.25) is 0 Å². The first-order valence-corrected chi connectivity index (χ1v) is 16.9. The van der Waals surface area contributed by atoms with Gasteiger partial charge in [0.25, 0.3) is 6.43 Å². The largest absolute Gasteiger partial charge is 0.489 e. The second-order valence-corrected chi connectivity index (χ2v) is 14.2. The minimum Gasteiger partial charge on any atom is -0.489 e. The maximum atomic E-state index is 17.1. The Morgan fingerprint density at radius 3 is 2.81 bits per heavy atom. The molecule has 2 unspecified atom stereocenters. The number of alkyl halides is 3. The Bertz CT molecular complexity index is 2010. The van der Waals surface area contributed by atoms with Crippen LogP contribution in [0.25, 0.3) is 32.1 Å². The van der Waals surface area contributed by atoms with Crippen molar-refractivity contribution in [2.75, 3.05) is 50.0 Å². The van der Waals surface area contributed by atoms with Crippen molar-refractivity contribution in [1.82, 2.24) is 20.2 Å². The van der Waals surface area contributed by atoms with Crippen LogP contribution in [0.3, 0.4) is 0 Å². The van der Waals surface area contributed by atoms with E-state index in [9.17, 15) is 22.8 Å². The van der Waals surface area contributed by atoms with Gasteiger partial charge in [-0.15, -0.1) is 11.3 Å². The van der Waals surface area contributed by atoms with Crippen LogP contribution in [0.1, 0.15) is 31.2 Å². The summed E-state index contributed by atoms with van der Waals surface area (Å²) < 4.78 is 87.5. The number of nitrogens with one attached hydrogen (secondary N) is 1. The summed E-state index contributed by atoms with van der Waals surface area (Å²) in [7, 11) is 0. The fraction of sp³-hybridized carbons (Fsp3) is 0.469. The molecule has 2 aromatic heterocycles. The molecule has 0 radical (unpaired) electrons. The van der Waals surface area contributed by atoms with Gasteiger partial charge in [0.05, 0.1) is 38.8 Å². The van der Waals surface area contributed by atoms with Crippen molar-refractivity contribution in [2.45, 2.75) is 55.9 Å². The van der Waals surface area contributed by atoms with Gasteiger partial charge in [-0.3, -0.25) is 4.90 Å². The number of ether oxygens (including phenoxy) is 2. The van der Waals surface area contributed by atoms with Gasteiger partial charge in [-0.2, -0.15) is 15.2 Å². The lowest BCUT2D eigenvalue weighted by Gasteiger charge is -2.41. The zero-order valence-corrected chi connectivity index (χ0v) is 26.9. The Labute approximate surface area is 280 Å². The number of hydrogen-bond acceptors (Lipinski definition) is 10. The number of thiophene rings is 1. The number of halogens is 6.